The molecule has 6 aromatic rings. The Balaban J connectivity index is 1.26. The fraction of sp³-hybridized carbons (Fsp3) is 0.179. The lowest BCUT2D eigenvalue weighted by atomic mass is 10.0. The molecule has 7 rings (SSSR count). The molecule has 178 valence electrons. The van der Waals surface area contributed by atoms with Crippen LogP contribution in [0.2, 0.25) is 0 Å². The second-order valence-corrected chi connectivity index (χ2v) is 9.91. The monoisotopic (exact) mass is 492 g/mol. The maximum Gasteiger partial charge on any atom is 0.181 e. The summed E-state index contributed by atoms with van der Waals surface area (Å²) in [5.74, 6) is 0.795. The van der Waals surface area contributed by atoms with E-state index in [0.717, 1.165) is 65.1 Å². The molecule has 1 saturated heterocycles. The van der Waals surface area contributed by atoms with Gasteiger partial charge in [-0.05, 0) is 78.2 Å². The average molecular weight is 493 g/mol. The SMILES string of the molecule is c1cc(-c2ccsc2)c2cc(-c3[nH]nc4ncc(-c5cncc(OC6CCNCC6)c5)cc34)[nH]c2c1. The normalized spacial score (nSPS) is 14.6. The fourth-order valence-electron chi connectivity index (χ4n) is 4.97. The van der Waals surface area contributed by atoms with Crippen LogP contribution in [0.3, 0.4) is 0 Å². The van der Waals surface area contributed by atoms with Crippen molar-refractivity contribution < 1.29 is 4.74 Å². The summed E-state index contributed by atoms with van der Waals surface area (Å²) in [6.45, 7) is 1.98. The number of nitrogens with zero attached hydrogens (tertiary/aromatic N) is 3. The number of benzene rings is 1. The van der Waals surface area contributed by atoms with Crippen LogP contribution in [0, 0.1) is 0 Å². The molecule has 1 fully saturated rings. The number of ether oxygens (including phenoxy) is 1. The summed E-state index contributed by atoms with van der Waals surface area (Å²) in [6.07, 6.45) is 7.73. The Bertz CT molecular complexity index is 1660. The summed E-state index contributed by atoms with van der Waals surface area (Å²) in [6, 6.07) is 14.9. The number of pyridine rings is 2. The summed E-state index contributed by atoms with van der Waals surface area (Å²) >= 11 is 1.71. The molecule has 0 unspecified atom stereocenters. The topological polar surface area (TPSA) is 91.5 Å². The molecule has 7 nitrogen and oxygen atoms in total. The Morgan fingerprint density at radius 2 is 1.83 bits per heavy atom. The predicted molar refractivity (Wildman–Crippen MR) is 144 cm³/mol. The highest BCUT2D eigenvalue weighted by Crippen LogP contribution is 2.35. The first kappa shape index (κ1) is 21.3. The second-order valence-electron chi connectivity index (χ2n) is 9.13. The van der Waals surface area contributed by atoms with Gasteiger partial charge in [-0.2, -0.15) is 16.4 Å². The number of thiophene rings is 1. The Hall–Kier alpha value is -4.01. The number of piperidine rings is 1. The highest BCUT2D eigenvalue weighted by atomic mass is 32.1. The molecule has 0 bridgehead atoms. The van der Waals surface area contributed by atoms with Gasteiger partial charge in [-0.3, -0.25) is 10.1 Å². The van der Waals surface area contributed by atoms with Crippen molar-refractivity contribution in [1.29, 1.82) is 0 Å². The molecule has 36 heavy (non-hydrogen) atoms. The molecular weight excluding hydrogens is 468 g/mol. The number of fused-ring (bicyclic) bond motifs is 2. The number of H-pyrrole nitrogens is 2. The van der Waals surface area contributed by atoms with Crippen molar-refractivity contribution >= 4 is 33.3 Å². The van der Waals surface area contributed by atoms with Crippen molar-refractivity contribution in [1.82, 2.24) is 30.5 Å². The van der Waals surface area contributed by atoms with Crippen LogP contribution < -0.4 is 10.1 Å². The van der Waals surface area contributed by atoms with E-state index in [1.165, 1.54) is 16.5 Å². The minimum absolute atomic E-state index is 0.227. The number of aromatic amines is 2. The van der Waals surface area contributed by atoms with Crippen molar-refractivity contribution in [3.8, 4) is 39.4 Å². The third-order valence-electron chi connectivity index (χ3n) is 6.81. The van der Waals surface area contributed by atoms with Crippen LogP contribution in [0.1, 0.15) is 12.8 Å². The van der Waals surface area contributed by atoms with Crippen molar-refractivity contribution in [2.75, 3.05) is 13.1 Å². The molecule has 6 heterocycles. The Labute approximate surface area is 211 Å². The standard InChI is InChI=1S/C28H24N6OS/c1-2-22(17-6-9-36-16-17)23-12-26(32-25(23)3-1)27-24-11-19(14-31-28(24)34-33-27)18-10-21(15-30-13-18)35-20-4-7-29-8-5-20/h1-3,6,9-16,20,29,32H,4-5,7-8H2,(H,31,33,34). The maximum absolute atomic E-state index is 6.21. The minimum atomic E-state index is 0.227. The summed E-state index contributed by atoms with van der Waals surface area (Å²) in [4.78, 5) is 12.6. The van der Waals surface area contributed by atoms with Crippen LogP contribution in [0.25, 0.3) is 55.6 Å². The first-order valence-electron chi connectivity index (χ1n) is 12.1. The number of hydrogen-bond donors (Lipinski definition) is 3. The Morgan fingerprint density at radius 1 is 0.917 bits per heavy atom. The zero-order chi connectivity index (χ0) is 23.9. The third kappa shape index (κ3) is 3.84. The van der Waals surface area contributed by atoms with Crippen LogP contribution in [0.15, 0.2) is 71.8 Å². The van der Waals surface area contributed by atoms with Gasteiger partial charge in [0.15, 0.2) is 5.65 Å². The molecular formula is C28H24N6OS. The molecule has 0 spiro atoms. The molecule has 0 saturated carbocycles. The number of aromatic nitrogens is 5. The summed E-state index contributed by atoms with van der Waals surface area (Å²) in [5, 5.41) is 17.5. The molecule has 3 N–H and O–H groups in total. The third-order valence-corrected chi connectivity index (χ3v) is 7.49. The van der Waals surface area contributed by atoms with E-state index >= 15 is 0 Å². The van der Waals surface area contributed by atoms with Gasteiger partial charge in [0.05, 0.1) is 17.6 Å². The lowest BCUT2D eigenvalue weighted by Crippen LogP contribution is -2.34. The van der Waals surface area contributed by atoms with Crippen molar-refractivity contribution in [3.63, 3.8) is 0 Å². The van der Waals surface area contributed by atoms with E-state index in [0.29, 0.717) is 5.65 Å². The Kier molecular flexibility index (Phi) is 5.26. The van der Waals surface area contributed by atoms with Gasteiger partial charge in [0.1, 0.15) is 11.9 Å². The molecule has 0 amide bonds. The van der Waals surface area contributed by atoms with E-state index in [-0.39, 0.29) is 6.10 Å². The second kappa shape index (κ2) is 8.89. The van der Waals surface area contributed by atoms with E-state index < -0.39 is 0 Å². The highest BCUT2D eigenvalue weighted by molar-refractivity contribution is 7.08. The van der Waals surface area contributed by atoms with Gasteiger partial charge in [-0.15, -0.1) is 0 Å². The largest absolute Gasteiger partial charge is 0.489 e. The van der Waals surface area contributed by atoms with Crippen LogP contribution in [-0.2, 0) is 0 Å². The summed E-state index contributed by atoms with van der Waals surface area (Å²) < 4.78 is 6.21. The van der Waals surface area contributed by atoms with E-state index in [1.54, 1.807) is 17.5 Å². The molecule has 1 aliphatic heterocycles. The average Bonchev–Trinajstić information content (AvgIpc) is 3.68. The van der Waals surface area contributed by atoms with Gasteiger partial charge >= 0.3 is 0 Å². The van der Waals surface area contributed by atoms with Gasteiger partial charge < -0.3 is 15.0 Å². The lowest BCUT2D eigenvalue weighted by Gasteiger charge is -2.23. The summed E-state index contributed by atoms with van der Waals surface area (Å²) in [7, 11) is 0. The van der Waals surface area contributed by atoms with E-state index in [2.05, 4.69) is 77.6 Å². The fourth-order valence-corrected chi connectivity index (χ4v) is 5.62. The smallest absolute Gasteiger partial charge is 0.181 e. The molecule has 0 aliphatic carbocycles. The molecule has 1 aromatic carbocycles. The van der Waals surface area contributed by atoms with Crippen LogP contribution >= 0.6 is 11.3 Å². The highest BCUT2D eigenvalue weighted by Gasteiger charge is 2.17. The quantitative estimate of drug-likeness (QED) is 0.273. The van der Waals surface area contributed by atoms with E-state index in [4.69, 9.17) is 4.74 Å². The van der Waals surface area contributed by atoms with Gasteiger partial charge in [0.2, 0.25) is 0 Å². The van der Waals surface area contributed by atoms with Crippen molar-refractivity contribution in [3.05, 3.63) is 71.8 Å². The van der Waals surface area contributed by atoms with Crippen molar-refractivity contribution in [2.45, 2.75) is 18.9 Å². The van der Waals surface area contributed by atoms with E-state index in [9.17, 15) is 0 Å². The van der Waals surface area contributed by atoms with Crippen LogP contribution in [-0.4, -0.2) is 44.3 Å². The van der Waals surface area contributed by atoms with Gasteiger partial charge in [-0.1, -0.05) is 12.1 Å². The molecule has 0 atom stereocenters. The Morgan fingerprint density at radius 3 is 2.72 bits per heavy atom. The number of hydrogen-bond acceptors (Lipinski definition) is 6. The number of nitrogens with one attached hydrogen (secondary N) is 3. The minimum Gasteiger partial charge on any atom is -0.489 e. The van der Waals surface area contributed by atoms with Gasteiger partial charge in [0, 0.05) is 39.8 Å². The van der Waals surface area contributed by atoms with Crippen molar-refractivity contribution in [2.24, 2.45) is 0 Å². The van der Waals surface area contributed by atoms with Gasteiger partial charge in [0.25, 0.3) is 0 Å². The predicted octanol–water partition coefficient (Wildman–Crippen LogP) is 6.03. The molecule has 1 aliphatic rings. The first-order valence-corrected chi connectivity index (χ1v) is 13.1. The van der Waals surface area contributed by atoms with Crippen LogP contribution in [0.5, 0.6) is 5.75 Å². The first-order chi connectivity index (χ1) is 17.8. The van der Waals surface area contributed by atoms with Gasteiger partial charge in [-0.25, -0.2) is 4.98 Å². The zero-order valence-corrected chi connectivity index (χ0v) is 20.3. The van der Waals surface area contributed by atoms with Crippen LogP contribution in [0.4, 0.5) is 0 Å². The molecule has 0 radical (unpaired) electrons. The maximum atomic E-state index is 6.21. The zero-order valence-electron chi connectivity index (χ0n) is 19.5. The lowest BCUT2D eigenvalue weighted by molar-refractivity contribution is 0.162. The van der Waals surface area contributed by atoms with E-state index in [1.807, 2.05) is 18.5 Å². The number of rotatable bonds is 5. The molecule has 8 heteroatoms. The summed E-state index contributed by atoms with van der Waals surface area (Å²) in [5.41, 5.74) is 8.07. The molecule has 5 aromatic heterocycles.